The van der Waals surface area contributed by atoms with Gasteiger partial charge in [0.2, 0.25) is 11.8 Å². The predicted molar refractivity (Wildman–Crippen MR) is 67.4 cm³/mol. The second kappa shape index (κ2) is 3.94. The van der Waals surface area contributed by atoms with Crippen molar-refractivity contribution in [2.75, 3.05) is 17.2 Å². The van der Waals surface area contributed by atoms with E-state index in [0.29, 0.717) is 17.3 Å². The second-order valence-corrected chi connectivity index (χ2v) is 4.36. The molecule has 0 bridgehead atoms. The Kier molecular flexibility index (Phi) is 2.37. The monoisotopic (exact) mass is 260 g/mol. The molecule has 8 heteroatoms. The van der Waals surface area contributed by atoms with Gasteiger partial charge in [-0.15, -0.1) is 0 Å². The van der Waals surface area contributed by atoms with E-state index in [2.05, 4.69) is 15.3 Å². The summed E-state index contributed by atoms with van der Waals surface area (Å²) in [6, 6.07) is -0.507. The SMILES string of the molecule is CC1C(=O)NC(=O)CN1c1nc(N)cn2ccnc12. The van der Waals surface area contributed by atoms with E-state index >= 15 is 0 Å². The van der Waals surface area contributed by atoms with Gasteiger partial charge in [0, 0.05) is 12.4 Å². The molecule has 1 aliphatic rings. The highest BCUT2D eigenvalue weighted by molar-refractivity contribution is 6.04. The minimum absolute atomic E-state index is 0.0475. The molecule has 0 aromatic carbocycles. The molecule has 8 nitrogen and oxygen atoms in total. The Morgan fingerprint density at radius 1 is 1.47 bits per heavy atom. The van der Waals surface area contributed by atoms with Crippen LogP contribution < -0.4 is 16.0 Å². The Bertz CT molecular complexity index is 679. The van der Waals surface area contributed by atoms with Gasteiger partial charge in [-0.1, -0.05) is 0 Å². The maximum atomic E-state index is 11.7. The Labute approximate surface area is 108 Å². The standard InChI is InChI=1S/C11H12N6O2/c1-6-11(19)15-8(18)5-17(6)10-9-13-2-3-16(9)4-7(12)14-10/h2-4,6H,5,12H2,1H3,(H,15,18,19). The number of nitrogens with zero attached hydrogens (tertiary/aromatic N) is 4. The van der Waals surface area contributed by atoms with Gasteiger partial charge in [0.25, 0.3) is 0 Å². The molecule has 2 amide bonds. The van der Waals surface area contributed by atoms with E-state index in [0.717, 1.165) is 0 Å². The first kappa shape index (κ1) is 11.5. The normalized spacial score (nSPS) is 19.8. The molecular formula is C11H12N6O2. The van der Waals surface area contributed by atoms with E-state index in [4.69, 9.17) is 5.73 Å². The van der Waals surface area contributed by atoms with E-state index in [1.807, 2.05) is 0 Å². The number of nitrogens with two attached hydrogens (primary N) is 1. The number of hydrogen-bond donors (Lipinski definition) is 2. The molecule has 3 heterocycles. The average molecular weight is 260 g/mol. The second-order valence-electron chi connectivity index (χ2n) is 4.36. The van der Waals surface area contributed by atoms with Crippen molar-refractivity contribution in [3.63, 3.8) is 0 Å². The van der Waals surface area contributed by atoms with Crippen LogP contribution in [0.25, 0.3) is 5.65 Å². The van der Waals surface area contributed by atoms with Gasteiger partial charge < -0.3 is 15.0 Å². The molecule has 3 rings (SSSR count). The fourth-order valence-corrected chi connectivity index (χ4v) is 2.10. The molecule has 2 aromatic heterocycles. The lowest BCUT2D eigenvalue weighted by Crippen LogP contribution is -2.57. The van der Waals surface area contributed by atoms with Crippen molar-refractivity contribution in [3.05, 3.63) is 18.6 Å². The molecule has 98 valence electrons. The van der Waals surface area contributed by atoms with Gasteiger partial charge in [-0.25, -0.2) is 9.97 Å². The Morgan fingerprint density at radius 3 is 3.05 bits per heavy atom. The molecule has 1 unspecified atom stereocenters. The molecule has 1 atom stereocenters. The number of hydrogen-bond acceptors (Lipinski definition) is 6. The van der Waals surface area contributed by atoms with E-state index < -0.39 is 6.04 Å². The molecule has 1 saturated heterocycles. The number of imidazole rings is 1. The summed E-state index contributed by atoms with van der Waals surface area (Å²) in [5.41, 5.74) is 6.29. The fourth-order valence-electron chi connectivity index (χ4n) is 2.10. The van der Waals surface area contributed by atoms with Crippen molar-refractivity contribution in [2.45, 2.75) is 13.0 Å². The highest BCUT2D eigenvalue weighted by Gasteiger charge is 2.32. The topological polar surface area (TPSA) is 106 Å². The van der Waals surface area contributed by atoms with Crippen molar-refractivity contribution in [1.82, 2.24) is 19.7 Å². The minimum atomic E-state index is -0.507. The zero-order valence-corrected chi connectivity index (χ0v) is 10.2. The van der Waals surface area contributed by atoms with Crippen LogP contribution in [0.15, 0.2) is 18.6 Å². The van der Waals surface area contributed by atoms with E-state index in [9.17, 15) is 9.59 Å². The summed E-state index contributed by atoms with van der Waals surface area (Å²) in [5.74, 6) is 0.00837. The van der Waals surface area contributed by atoms with Crippen LogP contribution in [0.5, 0.6) is 0 Å². The maximum Gasteiger partial charge on any atom is 0.249 e. The van der Waals surface area contributed by atoms with Crippen molar-refractivity contribution in [2.24, 2.45) is 0 Å². The van der Waals surface area contributed by atoms with Crippen molar-refractivity contribution >= 4 is 29.1 Å². The van der Waals surface area contributed by atoms with Gasteiger partial charge >= 0.3 is 0 Å². The van der Waals surface area contributed by atoms with Crippen LogP contribution in [0.2, 0.25) is 0 Å². The molecule has 0 spiro atoms. The number of carbonyl (C=O) groups excluding carboxylic acids is 2. The van der Waals surface area contributed by atoms with E-state index in [-0.39, 0.29) is 18.4 Å². The first-order valence-corrected chi connectivity index (χ1v) is 5.76. The van der Waals surface area contributed by atoms with Crippen LogP contribution in [-0.2, 0) is 9.59 Å². The number of fused-ring (bicyclic) bond motifs is 1. The third kappa shape index (κ3) is 1.77. The molecule has 2 aromatic rings. The summed E-state index contributed by atoms with van der Waals surface area (Å²) in [7, 11) is 0. The van der Waals surface area contributed by atoms with Crippen molar-refractivity contribution in [3.8, 4) is 0 Å². The van der Waals surface area contributed by atoms with Crippen LogP contribution in [-0.4, -0.2) is 38.8 Å². The first-order chi connectivity index (χ1) is 9.06. The van der Waals surface area contributed by atoms with Crippen molar-refractivity contribution < 1.29 is 9.59 Å². The lowest BCUT2D eigenvalue weighted by atomic mass is 10.2. The quantitative estimate of drug-likeness (QED) is 0.648. The van der Waals surface area contributed by atoms with Crippen LogP contribution in [0.1, 0.15) is 6.92 Å². The summed E-state index contributed by atoms with van der Waals surface area (Å²) in [5, 5.41) is 2.28. The summed E-state index contributed by atoms with van der Waals surface area (Å²) in [6.45, 7) is 1.75. The molecule has 0 saturated carbocycles. The Hall–Kier alpha value is -2.64. The van der Waals surface area contributed by atoms with Crippen LogP contribution >= 0.6 is 0 Å². The highest BCUT2D eigenvalue weighted by Crippen LogP contribution is 2.22. The van der Waals surface area contributed by atoms with Crippen LogP contribution in [0.4, 0.5) is 11.6 Å². The summed E-state index contributed by atoms with van der Waals surface area (Å²) in [4.78, 5) is 33.2. The third-order valence-electron chi connectivity index (χ3n) is 3.07. The first-order valence-electron chi connectivity index (χ1n) is 5.76. The smallest absolute Gasteiger partial charge is 0.249 e. The zero-order chi connectivity index (χ0) is 13.6. The molecular weight excluding hydrogens is 248 g/mol. The largest absolute Gasteiger partial charge is 0.382 e. The number of piperazine rings is 1. The van der Waals surface area contributed by atoms with Gasteiger partial charge in [-0.2, -0.15) is 0 Å². The number of amides is 2. The number of nitrogens with one attached hydrogen (secondary N) is 1. The Balaban J connectivity index is 2.14. The van der Waals surface area contributed by atoms with Crippen LogP contribution in [0, 0.1) is 0 Å². The molecule has 3 N–H and O–H groups in total. The molecule has 0 radical (unpaired) electrons. The fraction of sp³-hybridized carbons (Fsp3) is 0.273. The number of imide groups is 1. The van der Waals surface area contributed by atoms with Crippen LogP contribution in [0.3, 0.4) is 0 Å². The molecule has 0 aliphatic carbocycles. The Morgan fingerprint density at radius 2 is 2.26 bits per heavy atom. The maximum absolute atomic E-state index is 11.7. The van der Waals surface area contributed by atoms with E-state index in [1.165, 1.54) is 0 Å². The van der Waals surface area contributed by atoms with Gasteiger partial charge in [0.05, 0.1) is 12.7 Å². The predicted octanol–water partition coefficient (Wildman–Crippen LogP) is -0.837. The summed E-state index contributed by atoms with van der Waals surface area (Å²) in [6.07, 6.45) is 4.96. The number of rotatable bonds is 1. The summed E-state index contributed by atoms with van der Waals surface area (Å²) < 4.78 is 1.71. The van der Waals surface area contributed by atoms with Gasteiger partial charge in [0.1, 0.15) is 11.9 Å². The minimum Gasteiger partial charge on any atom is -0.382 e. The van der Waals surface area contributed by atoms with Gasteiger partial charge in [-0.05, 0) is 6.92 Å². The van der Waals surface area contributed by atoms with E-state index in [1.54, 1.807) is 34.8 Å². The lowest BCUT2D eigenvalue weighted by molar-refractivity contribution is -0.132. The lowest BCUT2D eigenvalue weighted by Gasteiger charge is -2.32. The van der Waals surface area contributed by atoms with Crippen molar-refractivity contribution in [1.29, 1.82) is 0 Å². The zero-order valence-electron chi connectivity index (χ0n) is 10.2. The molecule has 1 fully saturated rings. The summed E-state index contributed by atoms with van der Waals surface area (Å²) >= 11 is 0. The number of anilines is 2. The highest BCUT2D eigenvalue weighted by atomic mass is 16.2. The average Bonchev–Trinajstić information content (AvgIpc) is 2.80. The molecule has 1 aliphatic heterocycles. The number of nitrogen functional groups attached to an aromatic ring is 1. The third-order valence-corrected chi connectivity index (χ3v) is 3.07. The van der Waals surface area contributed by atoms with Gasteiger partial charge in [0.15, 0.2) is 11.5 Å². The molecule has 19 heavy (non-hydrogen) atoms. The number of carbonyl (C=O) groups is 2. The number of aromatic nitrogens is 3. The van der Waals surface area contributed by atoms with Gasteiger partial charge in [-0.3, -0.25) is 14.9 Å².